The molecule has 4 heteroatoms. The highest BCUT2D eigenvalue weighted by Gasteiger charge is 2.53. The average molecular weight is 224 g/mol. The fourth-order valence-electron chi connectivity index (χ4n) is 2.47. The monoisotopic (exact) mass is 224 g/mol. The summed E-state index contributed by atoms with van der Waals surface area (Å²) in [6.07, 6.45) is 6.60. The van der Waals surface area contributed by atoms with Crippen molar-refractivity contribution >= 4 is 12.7 Å². The van der Waals surface area contributed by atoms with Gasteiger partial charge in [-0.1, -0.05) is 0 Å². The Hall–Kier alpha value is -0.560. The number of hydrogen-bond acceptors (Lipinski definition) is 2. The van der Waals surface area contributed by atoms with Gasteiger partial charge < -0.3 is 9.13 Å². The number of imidazole rings is 1. The van der Waals surface area contributed by atoms with Crippen LogP contribution in [-0.2, 0) is 11.6 Å². The van der Waals surface area contributed by atoms with Crippen LogP contribution in [0.1, 0.15) is 31.4 Å². The van der Waals surface area contributed by atoms with Crippen LogP contribution in [0.25, 0.3) is 0 Å². The van der Waals surface area contributed by atoms with Gasteiger partial charge in [-0.2, -0.15) is 0 Å². The maximum absolute atomic E-state index is 13.1. The van der Waals surface area contributed by atoms with E-state index in [1.165, 1.54) is 0 Å². The number of aromatic nitrogens is 2. The van der Waals surface area contributed by atoms with Crippen LogP contribution in [0.5, 0.6) is 0 Å². The van der Waals surface area contributed by atoms with Crippen molar-refractivity contribution in [2.45, 2.75) is 43.9 Å². The summed E-state index contributed by atoms with van der Waals surface area (Å²) < 4.78 is 15.1. The largest absolute Gasteiger partial charge is 0.331 e. The summed E-state index contributed by atoms with van der Waals surface area (Å²) in [4.78, 5) is 4.50. The lowest BCUT2D eigenvalue weighted by molar-refractivity contribution is 0.577. The molecule has 0 radical (unpaired) electrons. The van der Waals surface area contributed by atoms with Gasteiger partial charge in [-0.15, -0.1) is 0 Å². The molecular weight excluding hydrogens is 207 g/mol. The van der Waals surface area contributed by atoms with E-state index < -0.39 is 7.14 Å². The molecule has 0 N–H and O–H groups in total. The van der Waals surface area contributed by atoms with Crippen molar-refractivity contribution in [3.63, 3.8) is 0 Å². The molecule has 0 aromatic carbocycles. The molecule has 15 heavy (non-hydrogen) atoms. The average Bonchev–Trinajstić information content (AvgIpc) is 3.01. The standard InChI is InChI=1S/C11H17N2OP/c1-8-7-13(2)11(12-8)15(14,9-3-4-9)10-5-6-10/h7,9-10H,3-6H2,1-2H3. The van der Waals surface area contributed by atoms with Crippen molar-refractivity contribution in [3.05, 3.63) is 11.9 Å². The second kappa shape index (κ2) is 2.98. The molecule has 3 nitrogen and oxygen atoms in total. The SMILES string of the molecule is Cc1cn(C)c(P(=O)(C2CC2)C2CC2)n1. The molecule has 2 aliphatic carbocycles. The molecule has 1 heterocycles. The number of rotatable bonds is 3. The predicted octanol–water partition coefficient (Wildman–Crippen LogP) is 2.04. The minimum absolute atomic E-state index is 0.463. The molecule has 0 spiro atoms. The Labute approximate surface area is 90.3 Å². The smallest absolute Gasteiger partial charge is 0.170 e. The van der Waals surface area contributed by atoms with Crippen LogP contribution in [0.4, 0.5) is 0 Å². The maximum atomic E-state index is 13.1. The zero-order chi connectivity index (χ0) is 10.6. The van der Waals surface area contributed by atoms with Gasteiger partial charge in [0.1, 0.15) is 0 Å². The third kappa shape index (κ3) is 1.40. The Morgan fingerprint density at radius 1 is 1.33 bits per heavy atom. The Bertz CT molecular complexity index is 427. The van der Waals surface area contributed by atoms with Crippen molar-refractivity contribution in [1.29, 1.82) is 0 Å². The lowest BCUT2D eigenvalue weighted by Crippen LogP contribution is -2.21. The molecule has 2 saturated carbocycles. The minimum Gasteiger partial charge on any atom is -0.331 e. The van der Waals surface area contributed by atoms with Gasteiger partial charge in [-0.25, -0.2) is 4.98 Å². The van der Waals surface area contributed by atoms with E-state index in [2.05, 4.69) is 4.98 Å². The Balaban J connectivity index is 2.08. The summed E-state index contributed by atoms with van der Waals surface area (Å²) in [5.41, 5.74) is 2.81. The number of hydrogen-bond donors (Lipinski definition) is 0. The fourth-order valence-corrected chi connectivity index (χ4v) is 6.42. The molecule has 2 aliphatic rings. The maximum Gasteiger partial charge on any atom is 0.170 e. The molecule has 0 saturated heterocycles. The van der Waals surface area contributed by atoms with Gasteiger partial charge in [0, 0.05) is 24.6 Å². The molecule has 1 aromatic rings. The lowest BCUT2D eigenvalue weighted by Gasteiger charge is -2.16. The molecule has 0 unspecified atom stereocenters. The molecular formula is C11H17N2OP. The van der Waals surface area contributed by atoms with E-state index in [0.29, 0.717) is 11.3 Å². The van der Waals surface area contributed by atoms with Crippen molar-refractivity contribution in [2.24, 2.45) is 7.05 Å². The van der Waals surface area contributed by atoms with Crippen LogP contribution in [0.3, 0.4) is 0 Å². The van der Waals surface area contributed by atoms with Crippen LogP contribution in [-0.4, -0.2) is 20.9 Å². The number of nitrogens with zero attached hydrogens (tertiary/aromatic N) is 2. The van der Waals surface area contributed by atoms with Gasteiger partial charge in [-0.05, 0) is 32.6 Å². The summed E-state index contributed by atoms with van der Waals surface area (Å²) in [6, 6.07) is 0. The molecule has 2 fully saturated rings. The first-order chi connectivity index (χ1) is 7.12. The van der Waals surface area contributed by atoms with Crippen LogP contribution >= 0.6 is 7.14 Å². The van der Waals surface area contributed by atoms with Gasteiger partial charge in [-0.3, -0.25) is 0 Å². The summed E-state index contributed by atoms with van der Waals surface area (Å²) in [5, 5.41) is 0. The normalized spacial score (nSPS) is 22.0. The van der Waals surface area contributed by atoms with Gasteiger partial charge in [0.05, 0.1) is 5.69 Å². The Kier molecular flexibility index (Phi) is 1.91. The molecule has 0 bridgehead atoms. The zero-order valence-corrected chi connectivity index (χ0v) is 10.2. The lowest BCUT2D eigenvalue weighted by atomic mass is 10.6. The van der Waals surface area contributed by atoms with Crippen LogP contribution in [0.15, 0.2) is 6.20 Å². The van der Waals surface area contributed by atoms with E-state index >= 15 is 0 Å². The molecule has 0 atom stereocenters. The number of aryl methyl sites for hydroxylation is 2. The second-order valence-corrected chi connectivity index (χ2v) is 8.24. The van der Waals surface area contributed by atoms with Crippen molar-refractivity contribution in [1.82, 2.24) is 9.55 Å². The van der Waals surface area contributed by atoms with E-state index in [1.807, 2.05) is 24.7 Å². The van der Waals surface area contributed by atoms with Crippen molar-refractivity contribution in [2.75, 3.05) is 0 Å². The van der Waals surface area contributed by atoms with Gasteiger partial charge in [0.2, 0.25) is 0 Å². The third-order valence-electron chi connectivity index (χ3n) is 3.46. The zero-order valence-electron chi connectivity index (χ0n) is 9.31. The molecule has 3 rings (SSSR count). The highest BCUT2D eigenvalue weighted by molar-refractivity contribution is 7.73. The van der Waals surface area contributed by atoms with Crippen molar-refractivity contribution in [3.8, 4) is 0 Å². The first-order valence-corrected chi connectivity index (χ1v) is 7.57. The van der Waals surface area contributed by atoms with Gasteiger partial charge in [0.15, 0.2) is 12.7 Å². The summed E-state index contributed by atoms with van der Waals surface area (Å²) in [7, 11) is -0.179. The highest BCUT2D eigenvalue weighted by atomic mass is 31.2. The highest BCUT2D eigenvalue weighted by Crippen LogP contribution is 2.69. The fraction of sp³-hybridized carbons (Fsp3) is 0.727. The minimum atomic E-state index is -2.16. The van der Waals surface area contributed by atoms with Crippen LogP contribution in [0, 0.1) is 6.92 Å². The summed E-state index contributed by atoms with van der Waals surface area (Å²) >= 11 is 0. The Morgan fingerprint density at radius 3 is 2.20 bits per heavy atom. The topological polar surface area (TPSA) is 34.9 Å². The van der Waals surface area contributed by atoms with E-state index in [1.54, 1.807) is 0 Å². The summed E-state index contributed by atoms with van der Waals surface area (Å²) in [6.45, 7) is 1.98. The van der Waals surface area contributed by atoms with E-state index in [-0.39, 0.29) is 0 Å². The summed E-state index contributed by atoms with van der Waals surface area (Å²) in [5.74, 6) is 0. The molecule has 0 aliphatic heterocycles. The molecule has 1 aromatic heterocycles. The van der Waals surface area contributed by atoms with E-state index in [0.717, 1.165) is 36.9 Å². The van der Waals surface area contributed by atoms with E-state index in [9.17, 15) is 4.57 Å². The first-order valence-electron chi connectivity index (χ1n) is 5.72. The van der Waals surface area contributed by atoms with Gasteiger partial charge >= 0.3 is 0 Å². The molecule has 0 amide bonds. The van der Waals surface area contributed by atoms with Gasteiger partial charge in [0.25, 0.3) is 0 Å². The Morgan fingerprint density at radius 2 is 1.87 bits per heavy atom. The predicted molar refractivity (Wildman–Crippen MR) is 61.2 cm³/mol. The quantitative estimate of drug-likeness (QED) is 0.736. The molecule has 82 valence electrons. The third-order valence-corrected chi connectivity index (χ3v) is 7.71. The first kappa shape index (κ1) is 9.65. The van der Waals surface area contributed by atoms with Crippen LogP contribution in [0.2, 0.25) is 0 Å². The van der Waals surface area contributed by atoms with E-state index in [4.69, 9.17) is 0 Å². The van der Waals surface area contributed by atoms with Crippen LogP contribution < -0.4 is 5.57 Å². The second-order valence-electron chi connectivity index (χ2n) is 4.96. The van der Waals surface area contributed by atoms with Crippen molar-refractivity contribution < 1.29 is 4.57 Å².